The fourth-order valence-electron chi connectivity index (χ4n) is 2.01. The van der Waals surface area contributed by atoms with Gasteiger partial charge in [0.2, 0.25) is 0 Å². The summed E-state index contributed by atoms with van der Waals surface area (Å²) in [4.78, 5) is 33.5. The SMILES string of the molecule is CC(=O)OC[C@H]1OC(=O)[C@@H](C[O-])[C@@H](C)[C@@H]1OC(C)=O. The average Bonchev–Trinajstić information content (AvgIpc) is 2.30. The number of ether oxygens (including phenoxy) is 3. The van der Waals surface area contributed by atoms with Gasteiger partial charge in [0.15, 0.2) is 6.10 Å². The molecule has 7 nitrogen and oxygen atoms in total. The number of cyclic esters (lactones) is 1. The summed E-state index contributed by atoms with van der Waals surface area (Å²) in [6.07, 6.45) is -1.66. The van der Waals surface area contributed by atoms with Crippen molar-refractivity contribution in [1.82, 2.24) is 0 Å². The van der Waals surface area contributed by atoms with Crippen molar-refractivity contribution >= 4 is 17.9 Å². The maximum absolute atomic E-state index is 11.6. The van der Waals surface area contributed by atoms with Crippen LogP contribution in [0, 0.1) is 11.8 Å². The first-order chi connectivity index (χ1) is 8.86. The van der Waals surface area contributed by atoms with Gasteiger partial charge in [0.25, 0.3) is 0 Å². The zero-order chi connectivity index (χ0) is 14.6. The molecule has 0 unspecified atom stereocenters. The largest absolute Gasteiger partial charge is 0.854 e. The molecule has 0 spiro atoms. The summed E-state index contributed by atoms with van der Waals surface area (Å²) in [6.45, 7) is 3.23. The van der Waals surface area contributed by atoms with Crippen molar-refractivity contribution in [2.24, 2.45) is 11.8 Å². The summed E-state index contributed by atoms with van der Waals surface area (Å²) < 4.78 is 14.9. The zero-order valence-electron chi connectivity index (χ0n) is 11.1. The highest BCUT2D eigenvalue weighted by molar-refractivity contribution is 5.74. The third-order valence-corrected chi connectivity index (χ3v) is 3.02. The molecule has 1 saturated heterocycles. The molecule has 0 saturated carbocycles. The molecule has 0 aromatic heterocycles. The van der Waals surface area contributed by atoms with Crippen molar-refractivity contribution in [3.05, 3.63) is 0 Å². The normalized spacial score (nSPS) is 30.4. The Kier molecular flexibility index (Phi) is 5.29. The van der Waals surface area contributed by atoms with Crippen LogP contribution in [-0.2, 0) is 28.6 Å². The van der Waals surface area contributed by atoms with Crippen molar-refractivity contribution in [2.45, 2.75) is 33.0 Å². The summed E-state index contributed by atoms with van der Waals surface area (Å²) in [5.74, 6) is -3.08. The Labute approximate surface area is 110 Å². The molecule has 1 aliphatic heterocycles. The zero-order valence-corrected chi connectivity index (χ0v) is 11.1. The summed E-state index contributed by atoms with van der Waals surface area (Å²) in [5, 5.41) is 11.0. The van der Waals surface area contributed by atoms with Gasteiger partial charge in [0.05, 0.1) is 0 Å². The van der Waals surface area contributed by atoms with Crippen LogP contribution in [0.4, 0.5) is 0 Å². The number of rotatable bonds is 4. The highest BCUT2D eigenvalue weighted by Crippen LogP contribution is 2.29. The number of carbonyl (C=O) groups is 3. The van der Waals surface area contributed by atoms with Crippen molar-refractivity contribution in [1.29, 1.82) is 0 Å². The van der Waals surface area contributed by atoms with Crippen molar-refractivity contribution in [2.75, 3.05) is 13.2 Å². The van der Waals surface area contributed by atoms with Crippen LogP contribution in [0.1, 0.15) is 20.8 Å². The minimum atomic E-state index is -0.877. The lowest BCUT2D eigenvalue weighted by Gasteiger charge is -2.40. The standard InChI is InChI=1S/C12H17O7/c1-6-9(4-13)12(16)19-10(5-17-7(2)14)11(6)18-8(3)15/h6,9-11H,4-5H2,1-3H3/q-1/t6-,9+,10-,11+/m1/s1. The van der Waals surface area contributed by atoms with Gasteiger partial charge in [-0.15, -0.1) is 6.61 Å². The Morgan fingerprint density at radius 3 is 2.42 bits per heavy atom. The molecule has 1 aliphatic rings. The molecule has 0 radical (unpaired) electrons. The molecule has 0 aromatic rings. The first-order valence-corrected chi connectivity index (χ1v) is 5.96. The molecule has 7 heteroatoms. The topological polar surface area (TPSA) is 102 Å². The lowest BCUT2D eigenvalue weighted by Crippen LogP contribution is -2.53. The lowest BCUT2D eigenvalue weighted by atomic mass is 9.84. The summed E-state index contributed by atoms with van der Waals surface area (Å²) in [6, 6.07) is 0. The van der Waals surface area contributed by atoms with Gasteiger partial charge >= 0.3 is 17.9 Å². The monoisotopic (exact) mass is 273 g/mol. The van der Waals surface area contributed by atoms with Gasteiger partial charge in [-0.3, -0.25) is 14.4 Å². The second kappa shape index (κ2) is 6.51. The number of hydrogen-bond acceptors (Lipinski definition) is 7. The average molecular weight is 273 g/mol. The summed E-state index contributed by atoms with van der Waals surface area (Å²) in [5.41, 5.74) is 0. The van der Waals surface area contributed by atoms with Crippen LogP contribution in [0.3, 0.4) is 0 Å². The van der Waals surface area contributed by atoms with Gasteiger partial charge in [-0.1, -0.05) is 6.92 Å². The molecule has 1 heterocycles. The second-order valence-electron chi connectivity index (χ2n) is 4.48. The predicted octanol–water partition coefficient (Wildman–Crippen LogP) is -0.981. The van der Waals surface area contributed by atoms with E-state index in [2.05, 4.69) is 0 Å². The van der Waals surface area contributed by atoms with E-state index in [-0.39, 0.29) is 6.61 Å². The molecule has 1 fully saturated rings. The maximum atomic E-state index is 11.6. The molecule has 4 atom stereocenters. The van der Waals surface area contributed by atoms with E-state index >= 15 is 0 Å². The van der Waals surface area contributed by atoms with E-state index in [4.69, 9.17) is 14.2 Å². The quantitative estimate of drug-likeness (QED) is 0.479. The van der Waals surface area contributed by atoms with E-state index in [0.717, 1.165) is 0 Å². The summed E-state index contributed by atoms with van der Waals surface area (Å²) in [7, 11) is 0. The van der Waals surface area contributed by atoms with Crippen LogP contribution in [0.5, 0.6) is 0 Å². The highest BCUT2D eigenvalue weighted by atomic mass is 16.6. The van der Waals surface area contributed by atoms with Crippen molar-refractivity contribution < 1.29 is 33.7 Å². The van der Waals surface area contributed by atoms with Gasteiger partial charge in [0, 0.05) is 25.7 Å². The first kappa shape index (κ1) is 15.4. The number of esters is 3. The van der Waals surface area contributed by atoms with E-state index in [0.29, 0.717) is 0 Å². The van der Waals surface area contributed by atoms with Gasteiger partial charge in [-0.2, -0.15) is 0 Å². The van der Waals surface area contributed by atoms with E-state index in [1.807, 2.05) is 0 Å². The minimum absolute atomic E-state index is 0.199. The Balaban J connectivity index is 2.83. The number of hydrogen-bond donors (Lipinski definition) is 0. The fourth-order valence-corrected chi connectivity index (χ4v) is 2.01. The predicted molar refractivity (Wildman–Crippen MR) is 59.6 cm³/mol. The van der Waals surface area contributed by atoms with Gasteiger partial charge in [0.1, 0.15) is 12.7 Å². The Morgan fingerprint density at radius 2 is 1.95 bits per heavy atom. The Bertz CT molecular complexity index is 365. The van der Waals surface area contributed by atoms with E-state index in [1.165, 1.54) is 13.8 Å². The van der Waals surface area contributed by atoms with Gasteiger partial charge in [-0.05, 0) is 0 Å². The van der Waals surface area contributed by atoms with Crippen LogP contribution >= 0.6 is 0 Å². The van der Waals surface area contributed by atoms with Gasteiger partial charge < -0.3 is 19.3 Å². The first-order valence-electron chi connectivity index (χ1n) is 5.96. The number of carbonyl (C=O) groups excluding carboxylic acids is 3. The van der Waals surface area contributed by atoms with E-state index < -0.39 is 48.6 Å². The molecular weight excluding hydrogens is 256 g/mol. The van der Waals surface area contributed by atoms with Crippen LogP contribution in [-0.4, -0.2) is 43.3 Å². The van der Waals surface area contributed by atoms with Crippen molar-refractivity contribution in [3.8, 4) is 0 Å². The Hall–Kier alpha value is -1.63. The van der Waals surface area contributed by atoms with Crippen LogP contribution in [0.2, 0.25) is 0 Å². The molecule has 0 aliphatic carbocycles. The van der Waals surface area contributed by atoms with Crippen LogP contribution in [0.25, 0.3) is 0 Å². The summed E-state index contributed by atoms with van der Waals surface area (Å²) >= 11 is 0. The Morgan fingerprint density at radius 1 is 1.32 bits per heavy atom. The van der Waals surface area contributed by atoms with Crippen molar-refractivity contribution in [3.63, 3.8) is 0 Å². The molecule has 0 aromatic carbocycles. The highest BCUT2D eigenvalue weighted by Gasteiger charge is 2.44. The molecule has 108 valence electrons. The molecule has 0 bridgehead atoms. The maximum Gasteiger partial charge on any atom is 0.308 e. The van der Waals surface area contributed by atoms with E-state index in [1.54, 1.807) is 6.92 Å². The molecule has 19 heavy (non-hydrogen) atoms. The van der Waals surface area contributed by atoms with Crippen LogP contribution < -0.4 is 5.11 Å². The molecule has 1 rings (SSSR count). The lowest BCUT2D eigenvalue weighted by molar-refractivity contribution is -0.383. The molecule has 0 N–H and O–H groups in total. The third-order valence-electron chi connectivity index (χ3n) is 3.02. The smallest absolute Gasteiger partial charge is 0.308 e. The van der Waals surface area contributed by atoms with Crippen LogP contribution in [0.15, 0.2) is 0 Å². The third kappa shape index (κ3) is 3.92. The molecule has 0 amide bonds. The molecular formula is C12H17O7-. The fraction of sp³-hybridized carbons (Fsp3) is 0.750. The second-order valence-corrected chi connectivity index (χ2v) is 4.48. The van der Waals surface area contributed by atoms with Gasteiger partial charge in [-0.25, -0.2) is 0 Å². The minimum Gasteiger partial charge on any atom is -0.854 e. The van der Waals surface area contributed by atoms with E-state index in [9.17, 15) is 19.5 Å².